The van der Waals surface area contributed by atoms with Crippen LogP contribution in [0.2, 0.25) is 0 Å². The molecule has 0 amide bonds. The Hall–Kier alpha value is -0.760. The monoisotopic (exact) mass is 135 g/mol. The third-order valence-electron chi connectivity index (χ3n) is 1.99. The van der Waals surface area contributed by atoms with Gasteiger partial charge in [0.15, 0.2) is 0 Å². The fourth-order valence-corrected chi connectivity index (χ4v) is 1.40. The second kappa shape index (κ2) is 2.46. The van der Waals surface area contributed by atoms with Crippen molar-refractivity contribution in [1.29, 1.82) is 0 Å². The number of rotatable bonds is 0. The smallest absolute Gasteiger partial charge is 0.0366 e. The van der Waals surface area contributed by atoms with Crippen molar-refractivity contribution in [1.82, 2.24) is 10.6 Å². The largest absolute Gasteiger partial charge is 0.365 e. The van der Waals surface area contributed by atoms with Crippen LogP contribution in [0.25, 0.3) is 0 Å². The van der Waals surface area contributed by atoms with E-state index in [0.717, 1.165) is 25.9 Å². The Bertz CT molecular complexity index is 171. The van der Waals surface area contributed by atoms with Gasteiger partial charge in [0.05, 0.1) is 0 Å². The quantitative estimate of drug-likeness (QED) is 0.521. The lowest BCUT2D eigenvalue weighted by Crippen LogP contribution is -2.25. The molecular formula is C8H11N2. The van der Waals surface area contributed by atoms with Crippen molar-refractivity contribution >= 4 is 0 Å². The highest BCUT2D eigenvalue weighted by Gasteiger charge is 2.12. The van der Waals surface area contributed by atoms with E-state index in [-0.39, 0.29) is 0 Å². The molecule has 0 aromatic carbocycles. The predicted octanol–water partition coefficient (Wildman–Crippen LogP) is 0.756. The first-order chi connectivity index (χ1) is 4.97. The Morgan fingerprint density at radius 2 is 2.50 bits per heavy atom. The molecule has 0 unspecified atom stereocenters. The summed E-state index contributed by atoms with van der Waals surface area (Å²) in [5.41, 5.74) is 2.89. The summed E-state index contributed by atoms with van der Waals surface area (Å²) in [7, 11) is 0. The van der Waals surface area contributed by atoms with E-state index >= 15 is 0 Å². The van der Waals surface area contributed by atoms with Gasteiger partial charge >= 0.3 is 0 Å². The number of nitrogens with zero attached hydrogens (tertiary/aromatic N) is 1. The van der Waals surface area contributed by atoms with Crippen molar-refractivity contribution in [3.8, 4) is 0 Å². The molecule has 2 heterocycles. The van der Waals surface area contributed by atoms with E-state index in [1.807, 2.05) is 6.20 Å². The molecule has 1 radical (unpaired) electrons. The van der Waals surface area contributed by atoms with Crippen LogP contribution in [0.3, 0.4) is 0 Å². The topological polar surface area (TPSA) is 26.1 Å². The van der Waals surface area contributed by atoms with E-state index in [1.54, 1.807) is 0 Å². The molecule has 0 aromatic heterocycles. The van der Waals surface area contributed by atoms with Crippen LogP contribution >= 0.6 is 0 Å². The first kappa shape index (κ1) is 5.98. The average molecular weight is 135 g/mol. The average Bonchev–Trinajstić information content (AvgIpc) is 2.05. The molecule has 0 aliphatic carbocycles. The fourth-order valence-electron chi connectivity index (χ4n) is 1.40. The van der Waals surface area contributed by atoms with Crippen molar-refractivity contribution in [3.63, 3.8) is 0 Å². The third kappa shape index (κ3) is 0.948. The van der Waals surface area contributed by atoms with Crippen LogP contribution < -0.4 is 10.6 Å². The van der Waals surface area contributed by atoms with Gasteiger partial charge in [0.1, 0.15) is 0 Å². The van der Waals surface area contributed by atoms with Crippen LogP contribution in [0.4, 0.5) is 0 Å². The van der Waals surface area contributed by atoms with Gasteiger partial charge in [-0.15, -0.1) is 0 Å². The molecule has 0 atom stereocenters. The maximum atomic E-state index is 4.33. The summed E-state index contributed by atoms with van der Waals surface area (Å²) in [6.45, 7) is 1.95. The molecule has 0 saturated carbocycles. The minimum atomic E-state index is 0.951. The summed E-state index contributed by atoms with van der Waals surface area (Å²) in [6, 6.07) is 0. The molecule has 1 N–H and O–H groups in total. The molecule has 2 rings (SSSR count). The molecule has 10 heavy (non-hydrogen) atoms. The van der Waals surface area contributed by atoms with Crippen LogP contribution in [-0.4, -0.2) is 13.1 Å². The third-order valence-corrected chi connectivity index (χ3v) is 1.99. The zero-order chi connectivity index (χ0) is 6.81. The predicted molar refractivity (Wildman–Crippen MR) is 40.4 cm³/mol. The van der Waals surface area contributed by atoms with Crippen LogP contribution in [0.5, 0.6) is 0 Å². The normalized spacial score (nSPS) is 24.0. The zero-order valence-electron chi connectivity index (χ0n) is 5.93. The van der Waals surface area contributed by atoms with Crippen molar-refractivity contribution in [2.75, 3.05) is 13.1 Å². The number of allylic oxidation sites excluding steroid dienone is 1. The minimum absolute atomic E-state index is 0.951. The van der Waals surface area contributed by atoms with Crippen molar-refractivity contribution in [2.24, 2.45) is 0 Å². The van der Waals surface area contributed by atoms with E-state index in [4.69, 9.17) is 0 Å². The summed E-state index contributed by atoms with van der Waals surface area (Å²) < 4.78 is 0. The van der Waals surface area contributed by atoms with E-state index in [2.05, 4.69) is 16.7 Å². The molecule has 2 aliphatic rings. The molecule has 53 valence electrons. The highest BCUT2D eigenvalue weighted by atomic mass is 14.9. The summed E-state index contributed by atoms with van der Waals surface area (Å²) in [6.07, 6.45) is 6.40. The molecule has 0 saturated heterocycles. The first-order valence-electron chi connectivity index (χ1n) is 3.72. The molecule has 2 nitrogen and oxygen atoms in total. The van der Waals surface area contributed by atoms with E-state index in [9.17, 15) is 0 Å². The van der Waals surface area contributed by atoms with Gasteiger partial charge in [0.25, 0.3) is 0 Å². The van der Waals surface area contributed by atoms with Crippen LogP contribution in [0.1, 0.15) is 12.8 Å². The molecule has 0 fully saturated rings. The van der Waals surface area contributed by atoms with E-state index in [0.29, 0.717) is 0 Å². The molecule has 0 aromatic rings. The second-order valence-electron chi connectivity index (χ2n) is 2.69. The van der Waals surface area contributed by atoms with Crippen LogP contribution in [-0.2, 0) is 0 Å². The molecule has 2 heteroatoms. The number of hydrogen-bond donors (Lipinski definition) is 1. The lowest BCUT2D eigenvalue weighted by molar-refractivity contribution is 0.625. The highest BCUT2D eigenvalue weighted by molar-refractivity contribution is 5.24. The van der Waals surface area contributed by atoms with Crippen molar-refractivity contribution in [2.45, 2.75) is 12.8 Å². The van der Waals surface area contributed by atoms with Crippen molar-refractivity contribution in [3.05, 3.63) is 23.5 Å². The number of dihydropyridines is 1. The Balaban J connectivity index is 2.17. The Kier molecular flexibility index (Phi) is 1.47. The van der Waals surface area contributed by atoms with Crippen molar-refractivity contribution < 1.29 is 0 Å². The van der Waals surface area contributed by atoms with Crippen LogP contribution in [0, 0.1) is 0 Å². The second-order valence-corrected chi connectivity index (χ2v) is 2.69. The molecular weight excluding hydrogens is 124 g/mol. The Morgan fingerprint density at radius 3 is 3.40 bits per heavy atom. The zero-order valence-corrected chi connectivity index (χ0v) is 5.93. The number of nitrogens with one attached hydrogen (secondary N) is 1. The molecule has 0 bridgehead atoms. The first-order valence-corrected chi connectivity index (χ1v) is 3.72. The molecule has 0 spiro atoms. The summed E-state index contributed by atoms with van der Waals surface area (Å²) in [5, 5.41) is 7.59. The Morgan fingerprint density at radius 1 is 1.50 bits per heavy atom. The van der Waals surface area contributed by atoms with E-state index in [1.165, 1.54) is 11.3 Å². The Labute approximate surface area is 61.0 Å². The molecule has 2 aliphatic heterocycles. The SMILES string of the molecule is C1=CNC2=C(C1)C[N]CC2. The number of hydrogen-bond acceptors (Lipinski definition) is 1. The van der Waals surface area contributed by atoms with Gasteiger partial charge in [-0.25, -0.2) is 5.32 Å². The fraction of sp³-hybridized carbons (Fsp3) is 0.500. The highest BCUT2D eigenvalue weighted by Crippen LogP contribution is 2.17. The lowest BCUT2D eigenvalue weighted by atomic mass is 10.0. The van der Waals surface area contributed by atoms with Gasteiger partial charge in [-0.1, -0.05) is 6.08 Å². The minimum Gasteiger partial charge on any atom is -0.365 e. The van der Waals surface area contributed by atoms with Gasteiger partial charge in [-0.2, -0.15) is 0 Å². The van der Waals surface area contributed by atoms with Crippen LogP contribution in [0.15, 0.2) is 23.5 Å². The summed E-state index contributed by atoms with van der Waals surface area (Å²) in [4.78, 5) is 0. The van der Waals surface area contributed by atoms with Gasteiger partial charge in [0.2, 0.25) is 0 Å². The maximum Gasteiger partial charge on any atom is 0.0366 e. The van der Waals surface area contributed by atoms with Gasteiger partial charge in [-0.3, -0.25) is 0 Å². The standard InChI is InChI=1S/C8H11N2/c1-2-7-6-9-5-3-8(7)10-4-1/h1,4,10H,2-3,5-6H2. The summed E-state index contributed by atoms with van der Waals surface area (Å²) in [5.74, 6) is 0. The van der Waals surface area contributed by atoms with Gasteiger partial charge in [0, 0.05) is 25.2 Å². The maximum absolute atomic E-state index is 4.33. The van der Waals surface area contributed by atoms with Gasteiger partial charge < -0.3 is 5.32 Å². The van der Waals surface area contributed by atoms with Gasteiger partial charge in [-0.05, 0) is 18.2 Å². The lowest BCUT2D eigenvalue weighted by Gasteiger charge is -2.22. The summed E-state index contributed by atoms with van der Waals surface area (Å²) >= 11 is 0. The van der Waals surface area contributed by atoms with E-state index < -0.39 is 0 Å².